The number of hydrogen-bond acceptors (Lipinski definition) is 4. The molecule has 0 spiro atoms. The fourth-order valence-corrected chi connectivity index (χ4v) is 1.85. The second-order valence-electron chi connectivity index (χ2n) is 4.47. The van der Waals surface area contributed by atoms with E-state index in [9.17, 15) is 4.79 Å². The Morgan fingerprint density at radius 1 is 1.33 bits per heavy atom. The largest absolute Gasteiger partial charge is 0.320 e. The van der Waals surface area contributed by atoms with Crippen LogP contribution in [0.4, 0.5) is 5.69 Å². The lowest BCUT2D eigenvalue weighted by Gasteiger charge is -2.09. The zero-order valence-corrected chi connectivity index (χ0v) is 12.0. The summed E-state index contributed by atoms with van der Waals surface area (Å²) in [6.45, 7) is 3.99. The molecule has 0 radical (unpaired) electrons. The van der Waals surface area contributed by atoms with Crippen LogP contribution < -0.4 is 11.1 Å². The number of rotatable bonds is 2. The summed E-state index contributed by atoms with van der Waals surface area (Å²) in [5, 5.41) is 2.84. The lowest BCUT2D eigenvalue weighted by atomic mass is 10.1. The van der Waals surface area contributed by atoms with Crippen LogP contribution in [0.2, 0.25) is 0 Å². The van der Waals surface area contributed by atoms with Crippen molar-refractivity contribution in [3.8, 4) is 11.8 Å². The maximum absolute atomic E-state index is 12.4. The van der Waals surface area contributed by atoms with Crippen LogP contribution in [-0.2, 0) is 0 Å². The van der Waals surface area contributed by atoms with Crippen molar-refractivity contribution in [1.29, 1.82) is 0 Å². The Hall–Kier alpha value is -2.71. The Balaban J connectivity index is 2.28. The molecule has 0 saturated carbocycles. The summed E-state index contributed by atoms with van der Waals surface area (Å²) < 4.78 is 0. The van der Waals surface area contributed by atoms with Gasteiger partial charge in [0.25, 0.3) is 5.91 Å². The average molecular weight is 280 g/mol. The van der Waals surface area contributed by atoms with Crippen LogP contribution in [0.25, 0.3) is 0 Å². The van der Waals surface area contributed by atoms with Crippen molar-refractivity contribution in [3.05, 3.63) is 53.1 Å². The summed E-state index contributed by atoms with van der Waals surface area (Å²) in [5.74, 6) is 5.33. The Labute approximate surface area is 123 Å². The maximum atomic E-state index is 12.4. The molecule has 21 heavy (non-hydrogen) atoms. The van der Waals surface area contributed by atoms with Gasteiger partial charge in [0, 0.05) is 18.1 Å². The first-order valence-corrected chi connectivity index (χ1v) is 6.50. The van der Waals surface area contributed by atoms with Gasteiger partial charge in [0.2, 0.25) is 0 Å². The van der Waals surface area contributed by atoms with Gasteiger partial charge < -0.3 is 11.1 Å². The van der Waals surface area contributed by atoms with Crippen molar-refractivity contribution in [2.24, 2.45) is 5.73 Å². The highest BCUT2D eigenvalue weighted by Crippen LogP contribution is 2.15. The number of nitrogens with two attached hydrogens (primary N) is 1. The highest BCUT2D eigenvalue weighted by Gasteiger charge is 2.12. The minimum Gasteiger partial charge on any atom is -0.320 e. The van der Waals surface area contributed by atoms with Crippen LogP contribution in [0.3, 0.4) is 0 Å². The van der Waals surface area contributed by atoms with E-state index >= 15 is 0 Å². The van der Waals surface area contributed by atoms with Gasteiger partial charge in [-0.1, -0.05) is 11.8 Å². The molecule has 2 aromatic heterocycles. The molecule has 0 fully saturated rings. The van der Waals surface area contributed by atoms with Crippen LogP contribution >= 0.6 is 0 Å². The summed E-state index contributed by atoms with van der Waals surface area (Å²) in [7, 11) is 0. The monoisotopic (exact) mass is 280 g/mol. The minimum atomic E-state index is -0.243. The zero-order chi connectivity index (χ0) is 15.2. The Morgan fingerprint density at radius 3 is 2.86 bits per heavy atom. The van der Waals surface area contributed by atoms with Gasteiger partial charge in [-0.05, 0) is 32.0 Å². The van der Waals surface area contributed by atoms with Crippen molar-refractivity contribution in [1.82, 2.24) is 9.97 Å². The first kappa shape index (κ1) is 14.7. The molecule has 106 valence electrons. The molecule has 0 bridgehead atoms. The number of aromatic nitrogens is 2. The number of carbonyl (C=O) groups excluding carboxylic acids is 1. The van der Waals surface area contributed by atoms with E-state index in [0.29, 0.717) is 16.8 Å². The topological polar surface area (TPSA) is 80.9 Å². The molecule has 0 aliphatic carbocycles. The standard InChI is InChI=1S/C16H16N4O/c1-11-5-6-15(12(2)19-11)20-16(21)14-7-9-18-10-13(14)4-3-8-17/h5-7,9-10H,8,17H2,1-2H3,(H,20,21). The number of anilines is 1. The highest BCUT2D eigenvalue weighted by molar-refractivity contribution is 6.06. The molecular weight excluding hydrogens is 264 g/mol. The van der Waals surface area contributed by atoms with Crippen LogP contribution in [0.15, 0.2) is 30.6 Å². The summed E-state index contributed by atoms with van der Waals surface area (Å²) in [6, 6.07) is 5.32. The molecule has 0 unspecified atom stereocenters. The Kier molecular flexibility index (Phi) is 4.64. The second-order valence-corrected chi connectivity index (χ2v) is 4.47. The number of pyridine rings is 2. The average Bonchev–Trinajstić information content (AvgIpc) is 2.48. The molecule has 0 atom stereocenters. The fourth-order valence-electron chi connectivity index (χ4n) is 1.85. The fraction of sp³-hybridized carbons (Fsp3) is 0.188. The van der Waals surface area contributed by atoms with E-state index in [1.807, 2.05) is 26.0 Å². The third-order valence-corrected chi connectivity index (χ3v) is 2.86. The number of aryl methyl sites for hydroxylation is 2. The third kappa shape index (κ3) is 3.65. The molecule has 5 nitrogen and oxygen atoms in total. The van der Waals surface area contributed by atoms with Crippen molar-refractivity contribution < 1.29 is 4.79 Å². The van der Waals surface area contributed by atoms with Gasteiger partial charge in [-0.15, -0.1) is 0 Å². The van der Waals surface area contributed by atoms with Crippen molar-refractivity contribution >= 4 is 11.6 Å². The van der Waals surface area contributed by atoms with Crippen LogP contribution in [-0.4, -0.2) is 22.4 Å². The molecule has 3 N–H and O–H groups in total. The van der Waals surface area contributed by atoms with Gasteiger partial charge in [0.15, 0.2) is 0 Å². The molecule has 0 aliphatic heterocycles. The van der Waals surface area contributed by atoms with Crippen molar-refractivity contribution in [2.75, 3.05) is 11.9 Å². The first-order chi connectivity index (χ1) is 10.1. The predicted molar refractivity (Wildman–Crippen MR) is 81.8 cm³/mol. The summed E-state index contributed by atoms with van der Waals surface area (Å²) in [4.78, 5) is 20.7. The predicted octanol–water partition coefficient (Wildman–Crippen LogP) is 1.66. The van der Waals surface area contributed by atoms with Gasteiger partial charge in [-0.25, -0.2) is 0 Å². The summed E-state index contributed by atoms with van der Waals surface area (Å²) in [5.41, 5.74) is 8.73. The minimum absolute atomic E-state index is 0.233. The van der Waals surface area contributed by atoms with E-state index in [2.05, 4.69) is 27.1 Å². The zero-order valence-electron chi connectivity index (χ0n) is 12.0. The molecule has 0 saturated heterocycles. The molecule has 0 aromatic carbocycles. The van der Waals surface area contributed by atoms with E-state index in [1.165, 1.54) is 0 Å². The van der Waals surface area contributed by atoms with E-state index in [1.54, 1.807) is 18.5 Å². The van der Waals surface area contributed by atoms with Crippen LogP contribution in [0, 0.1) is 25.7 Å². The number of nitrogens with one attached hydrogen (secondary N) is 1. The van der Waals surface area contributed by atoms with Gasteiger partial charge in [-0.2, -0.15) is 0 Å². The molecule has 0 aliphatic rings. The van der Waals surface area contributed by atoms with Gasteiger partial charge in [0.1, 0.15) is 0 Å². The number of hydrogen-bond donors (Lipinski definition) is 2. The van der Waals surface area contributed by atoms with Crippen LogP contribution in [0.5, 0.6) is 0 Å². The molecular formula is C16H16N4O. The summed E-state index contributed by atoms with van der Waals surface area (Å²) in [6.07, 6.45) is 3.11. The molecule has 1 amide bonds. The quantitative estimate of drug-likeness (QED) is 0.820. The van der Waals surface area contributed by atoms with Crippen molar-refractivity contribution in [3.63, 3.8) is 0 Å². The highest BCUT2D eigenvalue weighted by atomic mass is 16.1. The lowest BCUT2D eigenvalue weighted by Crippen LogP contribution is -2.15. The molecule has 2 rings (SSSR count). The molecule has 2 heterocycles. The third-order valence-electron chi connectivity index (χ3n) is 2.86. The lowest BCUT2D eigenvalue weighted by molar-refractivity contribution is 0.102. The number of nitrogens with zero attached hydrogens (tertiary/aromatic N) is 2. The van der Waals surface area contributed by atoms with Gasteiger partial charge >= 0.3 is 0 Å². The Bertz CT molecular complexity index is 729. The smallest absolute Gasteiger partial charge is 0.257 e. The van der Waals surface area contributed by atoms with Gasteiger partial charge in [0.05, 0.1) is 29.1 Å². The maximum Gasteiger partial charge on any atom is 0.257 e. The second kappa shape index (κ2) is 6.64. The molecule has 5 heteroatoms. The van der Waals surface area contributed by atoms with E-state index < -0.39 is 0 Å². The molecule has 2 aromatic rings. The van der Waals surface area contributed by atoms with Gasteiger partial charge in [-0.3, -0.25) is 14.8 Å². The first-order valence-electron chi connectivity index (χ1n) is 6.50. The SMILES string of the molecule is Cc1ccc(NC(=O)c2ccncc2C#CCN)c(C)n1. The Morgan fingerprint density at radius 2 is 2.14 bits per heavy atom. The summed E-state index contributed by atoms with van der Waals surface area (Å²) >= 11 is 0. The van der Waals surface area contributed by atoms with E-state index in [4.69, 9.17) is 5.73 Å². The van der Waals surface area contributed by atoms with E-state index in [-0.39, 0.29) is 12.5 Å². The normalized spacial score (nSPS) is 9.67. The number of amides is 1. The van der Waals surface area contributed by atoms with Crippen molar-refractivity contribution in [2.45, 2.75) is 13.8 Å². The van der Waals surface area contributed by atoms with Crippen LogP contribution in [0.1, 0.15) is 27.3 Å². The van der Waals surface area contributed by atoms with E-state index in [0.717, 1.165) is 11.4 Å². The number of carbonyl (C=O) groups is 1.